The smallest absolute Gasteiger partial charge is 0.251 e. The monoisotopic (exact) mass is 482 g/mol. The lowest BCUT2D eigenvalue weighted by atomic mass is 9.98. The van der Waals surface area contributed by atoms with Crippen LogP contribution in [0, 0.1) is 11.3 Å². The third-order valence-corrected chi connectivity index (χ3v) is 7.59. The van der Waals surface area contributed by atoms with Gasteiger partial charge < -0.3 is 35.0 Å². The van der Waals surface area contributed by atoms with E-state index in [0.717, 1.165) is 31.9 Å². The summed E-state index contributed by atoms with van der Waals surface area (Å²) < 4.78 is 32.9. The summed E-state index contributed by atoms with van der Waals surface area (Å²) in [5.74, 6) is 0. The minimum absolute atomic E-state index is 0.185. The van der Waals surface area contributed by atoms with Crippen LogP contribution in [0.5, 0.6) is 0 Å². The zero-order chi connectivity index (χ0) is 24.3. The number of piperazine rings is 1. The average molecular weight is 483 g/mol. The number of ether oxygens (including phenoxy) is 1. The molecular weight excluding hydrogens is 452 g/mol. The quantitative estimate of drug-likeness (QED) is 0.298. The Kier molecular flexibility index (Phi) is 8.09. The molecule has 0 radical (unpaired) electrons. The molecule has 0 bridgehead atoms. The predicted octanol–water partition coefficient (Wildman–Crippen LogP) is -1.59. The maximum absolute atomic E-state index is 12.9. The van der Waals surface area contributed by atoms with Crippen molar-refractivity contribution in [3.8, 4) is 6.07 Å². The van der Waals surface area contributed by atoms with Gasteiger partial charge in [0.05, 0.1) is 6.61 Å². The number of aliphatic hydroxyl groups is 4. The summed E-state index contributed by atoms with van der Waals surface area (Å²) in [6.07, 6.45) is -6.51. The summed E-state index contributed by atoms with van der Waals surface area (Å²) in [6, 6.07) is 7.25. The number of nitriles is 1. The van der Waals surface area contributed by atoms with E-state index < -0.39 is 52.2 Å². The second-order valence-corrected chi connectivity index (χ2v) is 9.93. The molecule has 1 aromatic carbocycles. The molecule has 3 rings (SSSR count). The number of nitrogens with one attached hydrogen (secondary N) is 1. The van der Waals surface area contributed by atoms with Crippen LogP contribution in [0.15, 0.2) is 29.2 Å². The molecule has 0 spiro atoms. The fourth-order valence-corrected chi connectivity index (χ4v) is 5.30. The Morgan fingerprint density at radius 3 is 2.30 bits per heavy atom. The average Bonchev–Trinajstić information content (AvgIpc) is 2.80. The van der Waals surface area contributed by atoms with E-state index in [9.17, 15) is 29.0 Å². The highest BCUT2D eigenvalue weighted by atomic mass is 32.2. The molecule has 11 nitrogen and oxygen atoms in total. The van der Waals surface area contributed by atoms with Crippen molar-refractivity contribution in [2.45, 2.75) is 37.6 Å². The molecule has 2 aliphatic heterocycles. The molecule has 5 unspecified atom stereocenters. The van der Waals surface area contributed by atoms with Crippen molar-refractivity contribution in [2.75, 3.05) is 44.7 Å². The van der Waals surface area contributed by atoms with Gasteiger partial charge in [-0.2, -0.15) is 9.98 Å². The van der Waals surface area contributed by atoms with E-state index in [-0.39, 0.29) is 5.57 Å². The molecule has 0 aromatic heterocycles. The van der Waals surface area contributed by atoms with Gasteiger partial charge in [0.1, 0.15) is 30.4 Å². The Bertz CT molecular complexity index is 1000. The van der Waals surface area contributed by atoms with E-state index in [4.69, 9.17) is 9.84 Å². The number of hydrogen-bond acceptors (Lipinski definition) is 10. The molecule has 0 aliphatic carbocycles. The molecule has 5 N–H and O–H groups in total. The molecular formula is C21H30N4O7S. The number of aliphatic hydroxyl groups excluding tert-OH is 4. The molecule has 0 amide bonds. The normalized spacial score (nSPS) is 30.0. The van der Waals surface area contributed by atoms with Crippen molar-refractivity contribution in [2.24, 2.45) is 0 Å². The van der Waals surface area contributed by atoms with Gasteiger partial charge in [-0.25, -0.2) is 8.42 Å². The molecule has 33 heavy (non-hydrogen) atoms. The van der Waals surface area contributed by atoms with Crippen molar-refractivity contribution in [3.05, 3.63) is 34.7 Å². The number of benzene rings is 1. The third kappa shape index (κ3) is 5.53. The van der Waals surface area contributed by atoms with E-state index in [1.54, 1.807) is 18.2 Å². The first kappa shape index (κ1) is 25.5. The van der Waals surface area contributed by atoms with Crippen LogP contribution in [-0.2, 0) is 14.8 Å². The second-order valence-electron chi connectivity index (χ2n) is 8.28. The highest BCUT2D eigenvalue weighted by Crippen LogP contribution is 2.26. The zero-order valence-electron chi connectivity index (χ0n) is 18.5. The van der Waals surface area contributed by atoms with Crippen molar-refractivity contribution in [3.63, 3.8) is 0 Å². The Morgan fingerprint density at radius 2 is 1.76 bits per heavy atom. The first-order valence-electron chi connectivity index (χ1n) is 10.6. The molecule has 0 saturated carbocycles. The van der Waals surface area contributed by atoms with Crippen molar-refractivity contribution < 1.29 is 33.6 Å². The summed E-state index contributed by atoms with van der Waals surface area (Å²) in [5.41, 5.74) is 1.71. The number of rotatable bonds is 6. The molecule has 2 saturated heterocycles. The SMILES string of the molecule is CC(=C(C#N)S(=O)(=O)NC1C(O)OC(CO)C(O)C1O)c1ccc(N2CCN(C)CC2)cc1. The van der Waals surface area contributed by atoms with E-state index in [1.807, 2.05) is 12.1 Å². The maximum atomic E-state index is 12.9. The Labute approximate surface area is 193 Å². The van der Waals surface area contributed by atoms with Crippen LogP contribution in [0.25, 0.3) is 5.57 Å². The van der Waals surface area contributed by atoms with Gasteiger partial charge in [-0.3, -0.25) is 0 Å². The highest BCUT2D eigenvalue weighted by molar-refractivity contribution is 7.93. The fraction of sp³-hybridized carbons (Fsp3) is 0.571. The van der Waals surface area contributed by atoms with Gasteiger partial charge in [-0.15, -0.1) is 0 Å². The summed E-state index contributed by atoms with van der Waals surface area (Å²) in [5, 5.41) is 49.0. The summed E-state index contributed by atoms with van der Waals surface area (Å²) in [4.78, 5) is 3.87. The van der Waals surface area contributed by atoms with E-state index >= 15 is 0 Å². The van der Waals surface area contributed by atoms with Crippen LogP contribution >= 0.6 is 0 Å². The van der Waals surface area contributed by atoms with Gasteiger partial charge in [0, 0.05) is 31.9 Å². The summed E-state index contributed by atoms with van der Waals surface area (Å²) in [7, 11) is -2.43. The van der Waals surface area contributed by atoms with Gasteiger partial charge >= 0.3 is 0 Å². The third-order valence-electron chi connectivity index (χ3n) is 6.07. The van der Waals surface area contributed by atoms with E-state index in [2.05, 4.69) is 21.6 Å². The minimum Gasteiger partial charge on any atom is -0.394 e. The molecule has 182 valence electrons. The topological polar surface area (TPSA) is 167 Å². The maximum Gasteiger partial charge on any atom is 0.251 e. The first-order valence-corrected chi connectivity index (χ1v) is 12.0. The summed E-state index contributed by atoms with van der Waals surface area (Å²) in [6.45, 7) is 4.46. The lowest BCUT2D eigenvalue weighted by molar-refractivity contribution is -0.251. The molecule has 12 heteroatoms. The first-order chi connectivity index (χ1) is 15.6. The van der Waals surface area contributed by atoms with Crippen LogP contribution in [0.3, 0.4) is 0 Å². The number of sulfonamides is 1. The number of likely N-dealkylation sites (N-methyl/N-ethyl adjacent to an activating group) is 1. The molecule has 5 atom stereocenters. The fourth-order valence-electron chi connectivity index (χ4n) is 3.93. The Balaban J connectivity index is 1.81. The van der Waals surface area contributed by atoms with Gasteiger partial charge in [0.15, 0.2) is 11.2 Å². The van der Waals surface area contributed by atoms with E-state index in [0.29, 0.717) is 5.56 Å². The second kappa shape index (κ2) is 10.5. The van der Waals surface area contributed by atoms with Crippen molar-refractivity contribution >= 4 is 21.3 Å². The van der Waals surface area contributed by atoms with Gasteiger partial charge in [0.25, 0.3) is 10.0 Å². The summed E-state index contributed by atoms with van der Waals surface area (Å²) >= 11 is 0. The van der Waals surface area contributed by atoms with Crippen LogP contribution in [0.2, 0.25) is 0 Å². The molecule has 2 fully saturated rings. The number of allylic oxidation sites excluding steroid dienone is 2. The molecule has 1 aromatic rings. The largest absolute Gasteiger partial charge is 0.394 e. The molecule has 2 heterocycles. The van der Waals surface area contributed by atoms with Crippen molar-refractivity contribution in [1.29, 1.82) is 5.26 Å². The lowest BCUT2D eigenvalue weighted by Gasteiger charge is -2.40. The van der Waals surface area contributed by atoms with Crippen LogP contribution < -0.4 is 9.62 Å². The number of anilines is 1. The number of hydrogen-bond donors (Lipinski definition) is 5. The van der Waals surface area contributed by atoms with Crippen molar-refractivity contribution in [1.82, 2.24) is 9.62 Å². The number of nitrogens with zero attached hydrogens (tertiary/aromatic N) is 3. The molecule has 2 aliphatic rings. The Morgan fingerprint density at radius 1 is 1.15 bits per heavy atom. The Hall–Kier alpha value is -2.08. The van der Waals surface area contributed by atoms with E-state index in [1.165, 1.54) is 6.92 Å². The van der Waals surface area contributed by atoms with Gasteiger partial charge in [0.2, 0.25) is 0 Å². The minimum atomic E-state index is -4.49. The van der Waals surface area contributed by atoms with Crippen LogP contribution in [0.4, 0.5) is 5.69 Å². The zero-order valence-corrected chi connectivity index (χ0v) is 19.3. The lowest BCUT2D eigenvalue weighted by Crippen LogP contribution is -2.64. The van der Waals surface area contributed by atoms with Crippen LogP contribution in [0.1, 0.15) is 12.5 Å². The highest BCUT2D eigenvalue weighted by Gasteiger charge is 2.45. The predicted molar refractivity (Wildman–Crippen MR) is 120 cm³/mol. The van der Waals surface area contributed by atoms with Gasteiger partial charge in [-0.1, -0.05) is 12.1 Å². The van der Waals surface area contributed by atoms with Crippen LogP contribution in [-0.4, -0.2) is 104 Å². The standard InChI is InChI=1S/C21H30N4O7S/c1-13(14-3-5-15(6-4-14)25-9-7-24(2)8-10-25)17(11-22)33(30,31)23-18-20(28)19(27)16(12-26)32-21(18)29/h3-6,16,18-21,23,26-29H,7-10,12H2,1-2H3. The van der Waals surface area contributed by atoms with Gasteiger partial charge in [-0.05, 0) is 37.2 Å².